The number of pyridine rings is 1. The SMILES string of the molecule is CC(=O)N(CC(=O)Nc1ccccc1C#N)Cc1cccnc1. The predicted molar refractivity (Wildman–Crippen MR) is 85.1 cm³/mol. The lowest BCUT2D eigenvalue weighted by molar-refractivity contribution is -0.133. The number of aromatic nitrogens is 1. The normalized spacial score (nSPS) is 9.74. The average Bonchev–Trinajstić information content (AvgIpc) is 2.55. The Morgan fingerprint density at radius 2 is 2.04 bits per heavy atom. The number of hydrogen-bond acceptors (Lipinski definition) is 4. The van der Waals surface area contributed by atoms with E-state index in [9.17, 15) is 9.59 Å². The third kappa shape index (κ3) is 4.64. The van der Waals surface area contributed by atoms with E-state index in [1.807, 2.05) is 12.1 Å². The van der Waals surface area contributed by atoms with Gasteiger partial charge in [-0.05, 0) is 23.8 Å². The zero-order valence-corrected chi connectivity index (χ0v) is 12.7. The smallest absolute Gasteiger partial charge is 0.244 e. The number of nitriles is 1. The molecule has 1 aromatic heterocycles. The molecule has 6 heteroatoms. The number of amides is 2. The standard InChI is InChI=1S/C17H16N4O2/c1-13(22)21(11-14-5-4-8-19-10-14)12-17(23)20-16-7-3-2-6-15(16)9-18/h2-8,10H,11-12H2,1H3,(H,20,23). The minimum absolute atomic E-state index is 0.0933. The maximum atomic E-state index is 12.2. The molecule has 0 radical (unpaired) electrons. The largest absolute Gasteiger partial charge is 0.329 e. The first-order chi connectivity index (χ1) is 11.1. The van der Waals surface area contributed by atoms with Crippen molar-refractivity contribution in [3.05, 3.63) is 59.9 Å². The lowest BCUT2D eigenvalue weighted by Crippen LogP contribution is -2.36. The van der Waals surface area contributed by atoms with Crippen molar-refractivity contribution in [3.63, 3.8) is 0 Å². The van der Waals surface area contributed by atoms with Gasteiger partial charge in [0.05, 0.1) is 11.3 Å². The molecule has 23 heavy (non-hydrogen) atoms. The van der Waals surface area contributed by atoms with Crippen LogP contribution in [0.3, 0.4) is 0 Å². The summed E-state index contributed by atoms with van der Waals surface area (Å²) < 4.78 is 0. The van der Waals surface area contributed by atoms with Gasteiger partial charge in [0.15, 0.2) is 0 Å². The fraction of sp³-hybridized carbons (Fsp3) is 0.176. The van der Waals surface area contributed by atoms with Crippen LogP contribution in [0.2, 0.25) is 0 Å². The Hall–Kier alpha value is -3.20. The highest BCUT2D eigenvalue weighted by Crippen LogP contribution is 2.13. The quantitative estimate of drug-likeness (QED) is 0.914. The number of nitrogens with zero attached hydrogens (tertiary/aromatic N) is 3. The molecule has 1 N–H and O–H groups in total. The Balaban J connectivity index is 2.04. The molecular formula is C17H16N4O2. The number of hydrogen-bond donors (Lipinski definition) is 1. The highest BCUT2D eigenvalue weighted by Gasteiger charge is 2.15. The van der Waals surface area contributed by atoms with Crippen molar-refractivity contribution < 1.29 is 9.59 Å². The van der Waals surface area contributed by atoms with E-state index in [1.165, 1.54) is 11.8 Å². The number of nitrogens with one attached hydrogen (secondary N) is 1. The van der Waals surface area contributed by atoms with E-state index in [2.05, 4.69) is 10.3 Å². The molecule has 2 amide bonds. The van der Waals surface area contributed by atoms with Crippen molar-refractivity contribution in [2.75, 3.05) is 11.9 Å². The summed E-state index contributed by atoms with van der Waals surface area (Å²) in [6, 6.07) is 12.3. The first-order valence-electron chi connectivity index (χ1n) is 7.03. The van der Waals surface area contributed by atoms with E-state index in [-0.39, 0.29) is 18.4 Å². The molecule has 0 aliphatic rings. The van der Waals surface area contributed by atoms with E-state index in [0.717, 1.165) is 5.56 Å². The van der Waals surface area contributed by atoms with Crippen LogP contribution in [0.1, 0.15) is 18.1 Å². The number of benzene rings is 1. The summed E-state index contributed by atoms with van der Waals surface area (Å²) >= 11 is 0. The Bertz CT molecular complexity index is 738. The van der Waals surface area contributed by atoms with Gasteiger partial charge < -0.3 is 10.2 Å². The molecule has 116 valence electrons. The minimum atomic E-state index is -0.355. The van der Waals surface area contributed by atoms with E-state index < -0.39 is 0 Å². The summed E-state index contributed by atoms with van der Waals surface area (Å²) in [4.78, 5) is 29.3. The molecule has 6 nitrogen and oxygen atoms in total. The molecule has 0 saturated heterocycles. The first-order valence-corrected chi connectivity index (χ1v) is 7.03. The monoisotopic (exact) mass is 308 g/mol. The van der Waals surface area contributed by atoms with Crippen LogP contribution < -0.4 is 5.32 Å². The highest BCUT2D eigenvalue weighted by atomic mass is 16.2. The summed E-state index contributed by atoms with van der Waals surface area (Å²) in [5.41, 5.74) is 1.65. The van der Waals surface area contributed by atoms with Crippen LogP contribution in [-0.4, -0.2) is 28.2 Å². The average molecular weight is 308 g/mol. The van der Waals surface area contributed by atoms with Gasteiger partial charge in [0.2, 0.25) is 11.8 Å². The Morgan fingerprint density at radius 1 is 1.26 bits per heavy atom. The van der Waals surface area contributed by atoms with E-state index in [0.29, 0.717) is 17.8 Å². The van der Waals surface area contributed by atoms with Crippen LogP contribution in [0, 0.1) is 11.3 Å². The third-order valence-corrected chi connectivity index (χ3v) is 3.20. The summed E-state index contributed by atoms with van der Waals surface area (Å²) in [5, 5.41) is 11.7. The molecule has 2 aromatic rings. The van der Waals surface area contributed by atoms with E-state index in [4.69, 9.17) is 5.26 Å². The first kappa shape index (κ1) is 16.2. The molecular weight excluding hydrogens is 292 g/mol. The summed E-state index contributed by atoms with van der Waals surface area (Å²) in [6.45, 7) is 1.62. The van der Waals surface area contributed by atoms with Gasteiger partial charge in [0.1, 0.15) is 12.6 Å². The summed E-state index contributed by atoms with van der Waals surface area (Å²) in [5.74, 6) is -0.565. The van der Waals surface area contributed by atoms with Crippen LogP contribution >= 0.6 is 0 Å². The minimum Gasteiger partial charge on any atom is -0.329 e. The fourth-order valence-corrected chi connectivity index (χ4v) is 2.04. The van der Waals surface area contributed by atoms with Crippen LogP contribution in [0.15, 0.2) is 48.8 Å². The number of carbonyl (C=O) groups excluding carboxylic acids is 2. The number of anilines is 1. The van der Waals surface area contributed by atoms with Gasteiger partial charge in [-0.2, -0.15) is 5.26 Å². The number of rotatable bonds is 5. The maximum absolute atomic E-state index is 12.2. The third-order valence-electron chi connectivity index (χ3n) is 3.20. The van der Waals surface area contributed by atoms with Crippen molar-refractivity contribution in [1.29, 1.82) is 5.26 Å². The molecule has 0 aliphatic heterocycles. The van der Waals surface area contributed by atoms with Gasteiger partial charge >= 0.3 is 0 Å². The number of carbonyl (C=O) groups is 2. The molecule has 0 spiro atoms. The van der Waals surface area contributed by atoms with Crippen molar-refractivity contribution in [2.45, 2.75) is 13.5 Å². The Labute approximate surface area is 134 Å². The van der Waals surface area contributed by atoms with Gasteiger partial charge in [-0.15, -0.1) is 0 Å². The van der Waals surface area contributed by atoms with Crippen molar-refractivity contribution >= 4 is 17.5 Å². The maximum Gasteiger partial charge on any atom is 0.244 e. The second-order valence-electron chi connectivity index (χ2n) is 4.94. The van der Waals surface area contributed by atoms with Crippen molar-refractivity contribution in [2.24, 2.45) is 0 Å². The highest BCUT2D eigenvalue weighted by molar-refractivity contribution is 5.95. The molecule has 0 bridgehead atoms. The summed E-state index contributed by atoms with van der Waals surface area (Å²) in [6.07, 6.45) is 3.30. The molecule has 0 fully saturated rings. The molecule has 0 saturated carbocycles. The Kier molecular flexibility index (Phi) is 5.42. The van der Waals surface area contributed by atoms with E-state index >= 15 is 0 Å². The molecule has 2 rings (SSSR count). The van der Waals surface area contributed by atoms with Gasteiger partial charge in [-0.1, -0.05) is 18.2 Å². The zero-order valence-electron chi connectivity index (χ0n) is 12.7. The van der Waals surface area contributed by atoms with Gasteiger partial charge in [0, 0.05) is 25.9 Å². The molecule has 1 heterocycles. The molecule has 0 atom stereocenters. The second-order valence-corrected chi connectivity index (χ2v) is 4.94. The van der Waals surface area contributed by atoms with Crippen molar-refractivity contribution in [1.82, 2.24) is 9.88 Å². The Morgan fingerprint density at radius 3 is 2.70 bits per heavy atom. The van der Waals surface area contributed by atoms with Gasteiger partial charge in [-0.25, -0.2) is 0 Å². The summed E-state index contributed by atoms with van der Waals surface area (Å²) in [7, 11) is 0. The van der Waals surface area contributed by atoms with Gasteiger partial charge in [-0.3, -0.25) is 14.6 Å². The van der Waals surface area contributed by atoms with Crippen LogP contribution in [0.4, 0.5) is 5.69 Å². The van der Waals surface area contributed by atoms with Gasteiger partial charge in [0.25, 0.3) is 0 Å². The molecule has 1 aromatic carbocycles. The van der Waals surface area contributed by atoms with Crippen LogP contribution in [0.25, 0.3) is 0 Å². The second kappa shape index (κ2) is 7.71. The van der Waals surface area contributed by atoms with Crippen molar-refractivity contribution in [3.8, 4) is 6.07 Å². The number of para-hydroxylation sites is 1. The topological polar surface area (TPSA) is 86.1 Å². The lowest BCUT2D eigenvalue weighted by atomic mass is 10.2. The zero-order chi connectivity index (χ0) is 16.7. The van der Waals surface area contributed by atoms with Crippen LogP contribution in [-0.2, 0) is 16.1 Å². The molecule has 0 unspecified atom stereocenters. The van der Waals surface area contributed by atoms with Crippen LogP contribution in [0.5, 0.6) is 0 Å². The van der Waals surface area contributed by atoms with E-state index in [1.54, 1.807) is 42.7 Å². The predicted octanol–water partition coefficient (Wildman–Crippen LogP) is 1.94. The lowest BCUT2D eigenvalue weighted by Gasteiger charge is -2.20. The molecule has 0 aliphatic carbocycles. The fourth-order valence-electron chi connectivity index (χ4n) is 2.04.